The smallest absolute Gasteiger partial charge is 0.252 e. The van der Waals surface area contributed by atoms with Gasteiger partial charge in [0.2, 0.25) is 5.90 Å². The van der Waals surface area contributed by atoms with Gasteiger partial charge in [0.05, 0.1) is 6.61 Å². The van der Waals surface area contributed by atoms with Crippen LogP contribution in [0.4, 0.5) is 0 Å². The third-order valence-electron chi connectivity index (χ3n) is 6.09. The van der Waals surface area contributed by atoms with Crippen LogP contribution in [0.5, 0.6) is 5.75 Å². The molecule has 1 heterocycles. The summed E-state index contributed by atoms with van der Waals surface area (Å²) in [6.45, 7) is 4.41. The van der Waals surface area contributed by atoms with Crippen LogP contribution in [-0.2, 0) is 9.53 Å². The second-order valence-electron chi connectivity index (χ2n) is 9.35. The van der Waals surface area contributed by atoms with Gasteiger partial charge < -0.3 is 19.9 Å². The van der Waals surface area contributed by atoms with E-state index in [1.165, 1.54) is 0 Å². The molecule has 1 aliphatic rings. The molecule has 2 atom stereocenters. The van der Waals surface area contributed by atoms with E-state index in [0.717, 1.165) is 16.7 Å². The van der Waals surface area contributed by atoms with Crippen LogP contribution in [0.1, 0.15) is 49.5 Å². The molecule has 0 fully saturated rings. The fraction of sp³-hybridized carbons (Fsp3) is 0.290. The minimum Gasteiger partial charge on any atom is -0.494 e. The zero-order chi connectivity index (χ0) is 26.1. The average molecular weight is 499 g/mol. The Labute approximate surface area is 218 Å². The molecule has 0 saturated heterocycles. The number of nitrogens with zero attached hydrogens (tertiary/aromatic N) is 1. The van der Waals surface area contributed by atoms with E-state index in [9.17, 15) is 4.79 Å². The summed E-state index contributed by atoms with van der Waals surface area (Å²) < 4.78 is 12.1. The minimum atomic E-state index is -1.18. The van der Waals surface area contributed by atoms with Crippen molar-refractivity contribution in [2.24, 2.45) is 4.99 Å². The van der Waals surface area contributed by atoms with Gasteiger partial charge in [-0.3, -0.25) is 4.79 Å². The van der Waals surface area contributed by atoms with Gasteiger partial charge in [-0.25, -0.2) is 4.99 Å². The average Bonchev–Trinajstić information content (AvgIpc) is 3.31. The van der Waals surface area contributed by atoms with Gasteiger partial charge in [0.25, 0.3) is 5.91 Å². The van der Waals surface area contributed by atoms with Crippen molar-refractivity contribution in [3.63, 3.8) is 0 Å². The summed E-state index contributed by atoms with van der Waals surface area (Å²) in [6, 6.07) is 27.2. The molecule has 37 heavy (non-hydrogen) atoms. The highest BCUT2D eigenvalue weighted by Gasteiger charge is 2.52. The van der Waals surface area contributed by atoms with Crippen LogP contribution >= 0.6 is 0 Å². The number of ether oxygens (including phenoxy) is 2. The molecule has 0 unspecified atom stereocenters. The van der Waals surface area contributed by atoms with Crippen LogP contribution in [0, 0.1) is 0 Å². The highest BCUT2D eigenvalue weighted by atomic mass is 16.5. The van der Waals surface area contributed by atoms with Crippen molar-refractivity contribution < 1.29 is 19.4 Å². The van der Waals surface area contributed by atoms with Crippen molar-refractivity contribution in [3.05, 3.63) is 108 Å². The van der Waals surface area contributed by atoms with Crippen molar-refractivity contribution in [2.45, 2.75) is 44.4 Å². The molecule has 192 valence electrons. The molecule has 3 aromatic carbocycles. The molecule has 6 heteroatoms. The number of aliphatic imine (C=N–C) groups is 1. The lowest BCUT2D eigenvalue weighted by molar-refractivity contribution is -0.129. The Kier molecular flexibility index (Phi) is 8.75. The van der Waals surface area contributed by atoms with Crippen molar-refractivity contribution in [1.29, 1.82) is 0 Å². The predicted octanol–water partition coefficient (Wildman–Crippen LogP) is 5.33. The van der Waals surface area contributed by atoms with Gasteiger partial charge in [-0.15, -0.1) is 0 Å². The number of aliphatic hydroxyl groups excluding tert-OH is 1. The molecule has 4 rings (SSSR count). The molecule has 0 aromatic heterocycles. The number of rotatable bonds is 11. The molecule has 0 aliphatic carbocycles. The minimum absolute atomic E-state index is 0.0477. The Balaban J connectivity index is 1.71. The first kappa shape index (κ1) is 26.2. The fourth-order valence-electron chi connectivity index (χ4n) is 4.27. The number of nitrogens with one attached hydrogen (secondary N) is 1. The number of benzene rings is 3. The second kappa shape index (κ2) is 12.4. The summed E-state index contributed by atoms with van der Waals surface area (Å²) in [5.74, 6) is 0.945. The normalized spacial score (nSPS) is 19.0. The molecule has 0 spiro atoms. The predicted molar refractivity (Wildman–Crippen MR) is 147 cm³/mol. The van der Waals surface area contributed by atoms with Gasteiger partial charge in [-0.2, -0.15) is 0 Å². The number of carbonyl (C=O) groups is 1. The van der Waals surface area contributed by atoms with E-state index < -0.39 is 11.6 Å². The number of hydrogen-bond donors (Lipinski definition) is 2. The topological polar surface area (TPSA) is 80.2 Å². The van der Waals surface area contributed by atoms with Gasteiger partial charge in [0, 0.05) is 31.1 Å². The van der Waals surface area contributed by atoms with Gasteiger partial charge in [0.15, 0.2) is 11.6 Å². The van der Waals surface area contributed by atoms with Crippen LogP contribution in [0.25, 0.3) is 6.08 Å². The Morgan fingerprint density at radius 1 is 1.05 bits per heavy atom. The summed E-state index contributed by atoms with van der Waals surface area (Å²) in [7, 11) is 0. The molecule has 0 radical (unpaired) electrons. The first-order valence-corrected chi connectivity index (χ1v) is 12.7. The molecule has 0 bridgehead atoms. The highest BCUT2D eigenvalue weighted by molar-refractivity contribution is 6.01. The maximum atomic E-state index is 13.8. The van der Waals surface area contributed by atoms with E-state index in [2.05, 4.69) is 5.32 Å². The lowest BCUT2D eigenvalue weighted by atomic mass is 9.84. The van der Waals surface area contributed by atoms with Crippen LogP contribution < -0.4 is 10.1 Å². The largest absolute Gasteiger partial charge is 0.494 e. The summed E-state index contributed by atoms with van der Waals surface area (Å²) in [5, 5.41) is 12.1. The highest BCUT2D eigenvalue weighted by Crippen LogP contribution is 2.43. The Morgan fingerprint density at radius 2 is 1.73 bits per heavy atom. The lowest BCUT2D eigenvalue weighted by Crippen LogP contribution is -2.50. The molecule has 2 N–H and O–H groups in total. The number of aliphatic hydroxyl groups is 1. The summed E-state index contributed by atoms with van der Waals surface area (Å²) in [5.41, 5.74) is 1.53. The second-order valence-corrected chi connectivity index (χ2v) is 9.35. The van der Waals surface area contributed by atoms with Crippen molar-refractivity contribution in [2.75, 3.05) is 13.2 Å². The molecule has 1 aliphatic heterocycles. The Hall–Kier alpha value is -3.90. The van der Waals surface area contributed by atoms with E-state index >= 15 is 0 Å². The summed E-state index contributed by atoms with van der Waals surface area (Å²) in [6.07, 6.45) is 4.35. The lowest BCUT2D eigenvalue weighted by Gasteiger charge is -2.30. The SMILES string of the molecule is CC(C)NC(=O)[C@]1(C/C=C/c2ccccc2)N=C(c2ccc(OCCCO)cc2)O[C@@H]1c1ccccc1. The molecular formula is C31H34N2O4. The van der Waals surface area contributed by atoms with E-state index in [-0.39, 0.29) is 18.6 Å². The number of amides is 1. The van der Waals surface area contributed by atoms with Crippen molar-refractivity contribution >= 4 is 17.9 Å². The van der Waals surface area contributed by atoms with Gasteiger partial charge >= 0.3 is 0 Å². The van der Waals surface area contributed by atoms with Gasteiger partial charge in [0.1, 0.15) is 5.75 Å². The maximum absolute atomic E-state index is 13.8. The Morgan fingerprint density at radius 3 is 2.38 bits per heavy atom. The van der Waals surface area contributed by atoms with Crippen LogP contribution in [0.2, 0.25) is 0 Å². The van der Waals surface area contributed by atoms with Crippen molar-refractivity contribution in [1.82, 2.24) is 5.32 Å². The van der Waals surface area contributed by atoms with Gasteiger partial charge in [-0.1, -0.05) is 72.8 Å². The molecule has 1 amide bonds. The fourth-order valence-corrected chi connectivity index (χ4v) is 4.27. The number of carbonyl (C=O) groups excluding carboxylic acids is 1. The zero-order valence-corrected chi connectivity index (χ0v) is 21.3. The van der Waals surface area contributed by atoms with Crippen LogP contribution in [0.15, 0.2) is 96.0 Å². The van der Waals surface area contributed by atoms with E-state index in [1.807, 2.05) is 111 Å². The van der Waals surface area contributed by atoms with E-state index in [0.29, 0.717) is 31.1 Å². The summed E-state index contributed by atoms with van der Waals surface area (Å²) >= 11 is 0. The maximum Gasteiger partial charge on any atom is 0.252 e. The molecule has 0 saturated carbocycles. The quantitative estimate of drug-likeness (QED) is 0.350. The van der Waals surface area contributed by atoms with Crippen molar-refractivity contribution in [3.8, 4) is 5.75 Å². The molecule has 3 aromatic rings. The first-order valence-electron chi connectivity index (χ1n) is 12.7. The molecule has 6 nitrogen and oxygen atoms in total. The van der Waals surface area contributed by atoms with E-state index in [1.54, 1.807) is 0 Å². The van der Waals surface area contributed by atoms with E-state index in [4.69, 9.17) is 19.6 Å². The van der Waals surface area contributed by atoms with Crippen LogP contribution in [-0.4, -0.2) is 41.7 Å². The zero-order valence-electron chi connectivity index (χ0n) is 21.3. The summed E-state index contributed by atoms with van der Waals surface area (Å²) in [4.78, 5) is 18.8. The molecular weight excluding hydrogens is 464 g/mol. The standard InChI is InChI=1S/C31H34N2O4/c1-23(2)32-30(35)31(20-9-13-24-11-5-3-6-12-24)28(25-14-7-4-8-15-25)37-29(33-31)26-16-18-27(19-17-26)36-22-10-21-34/h3-9,11-19,23,28,34H,10,20-22H2,1-2H3,(H,32,35)/b13-9+/t28-,31-/m1/s1. The van der Waals surface area contributed by atoms with Crippen LogP contribution in [0.3, 0.4) is 0 Å². The monoisotopic (exact) mass is 498 g/mol. The van der Waals surface area contributed by atoms with Gasteiger partial charge in [-0.05, 0) is 49.2 Å². The third kappa shape index (κ3) is 6.46. The Bertz CT molecular complexity index is 1210. The third-order valence-corrected chi connectivity index (χ3v) is 6.09. The number of hydrogen-bond acceptors (Lipinski definition) is 5. The first-order chi connectivity index (χ1) is 18.0.